The van der Waals surface area contributed by atoms with Crippen LogP contribution in [0.5, 0.6) is 40.2 Å². The van der Waals surface area contributed by atoms with E-state index in [1.165, 1.54) is 12.1 Å². The van der Waals surface area contributed by atoms with Gasteiger partial charge in [0.2, 0.25) is 0 Å². The standard InChI is InChI=1S/C35H26O8/c36-17-18-1-10-29-27(11-18)32(35(42-29)20-4-8-23(38)9-5-20)28-15-26(41)16-30-33(28)31(21-12-24(39)14-25(40)13-21)34(43-30)19-2-6-22(37)7-3-19/h1-17,31-32,34-35,37-41H/t31-,32-,34+,35-/m0/s1. The van der Waals surface area contributed by atoms with E-state index in [1.54, 1.807) is 84.9 Å². The Morgan fingerprint density at radius 1 is 0.488 bits per heavy atom. The van der Waals surface area contributed by atoms with E-state index in [9.17, 15) is 30.3 Å². The molecule has 5 aromatic carbocycles. The number of fused-ring (bicyclic) bond motifs is 2. The van der Waals surface area contributed by atoms with E-state index in [4.69, 9.17) is 9.47 Å². The van der Waals surface area contributed by atoms with Gasteiger partial charge in [-0.25, -0.2) is 0 Å². The molecule has 214 valence electrons. The van der Waals surface area contributed by atoms with Gasteiger partial charge in [-0.05, 0) is 82.9 Å². The number of aldehydes is 1. The zero-order valence-corrected chi connectivity index (χ0v) is 22.6. The summed E-state index contributed by atoms with van der Waals surface area (Å²) < 4.78 is 13.0. The Bertz CT molecular complexity index is 1840. The highest BCUT2D eigenvalue weighted by molar-refractivity contribution is 5.76. The number of hydrogen-bond acceptors (Lipinski definition) is 8. The fraction of sp³-hybridized carbons (Fsp3) is 0.114. The van der Waals surface area contributed by atoms with E-state index >= 15 is 0 Å². The normalized spacial score (nSPS) is 20.1. The molecule has 43 heavy (non-hydrogen) atoms. The van der Waals surface area contributed by atoms with E-state index in [1.807, 2.05) is 0 Å². The van der Waals surface area contributed by atoms with Crippen LogP contribution < -0.4 is 9.47 Å². The Labute approximate surface area is 246 Å². The van der Waals surface area contributed by atoms with Gasteiger partial charge in [-0.3, -0.25) is 4.79 Å². The van der Waals surface area contributed by atoms with Gasteiger partial charge in [0.1, 0.15) is 58.7 Å². The van der Waals surface area contributed by atoms with Crippen molar-refractivity contribution in [3.63, 3.8) is 0 Å². The third kappa shape index (κ3) is 4.53. The summed E-state index contributed by atoms with van der Waals surface area (Å²) in [6.07, 6.45) is -0.470. The van der Waals surface area contributed by atoms with Crippen molar-refractivity contribution >= 4 is 6.29 Å². The Morgan fingerprint density at radius 2 is 1.05 bits per heavy atom. The first kappa shape index (κ1) is 26.3. The minimum absolute atomic E-state index is 0.0398. The SMILES string of the molecule is O=Cc1ccc2c(c1)[C@@H](c1cc(O)cc3c1[C@H](c1cc(O)cc(O)c1)[C@@H](c1ccc(O)cc1)O3)[C@H](c1ccc(O)cc1)O2. The molecule has 0 fully saturated rings. The van der Waals surface area contributed by atoms with Crippen LogP contribution in [0.4, 0.5) is 0 Å². The smallest absolute Gasteiger partial charge is 0.150 e. The maximum atomic E-state index is 11.8. The summed E-state index contributed by atoms with van der Waals surface area (Å²) in [5, 5.41) is 51.9. The molecule has 0 bridgehead atoms. The molecule has 0 radical (unpaired) electrons. The Balaban J connectivity index is 1.48. The van der Waals surface area contributed by atoms with Crippen molar-refractivity contribution in [3.8, 4) is 40.2 Å². The van der Waals surface area contributed by atoms with Crippen LogP contribution in [0.1, 0.15) is 67.8 Å². The molecule has 5 N–H and O–H groups in total. The van der Waals surface area contributed by atoms with E-state index in [-0.39, 0.29) is 28.7 Å². The van der Waals surface area contributed by atoms with Crippen molar-refractivity contribution in [1.29, 1.82) is 0 Å². The van der Waals surface area contributed by atoms with Crippen LogP contribution in [-0.2, 0) is 0 Å². The lowest BCUT2D eigenvalue weighted by atomic mass is 9.76. The Hall–Kier alpha value is -5.63. The summed E-state index contributed by atoms with van der Waals surface area (Å²) in [6.45, 7) is 0. The zero-order valence-electron chi connectivity index (χ0n) is 22.6. The van der Waals surface area contributed by atoms with Crippen LogP contribution >= 0.6 is 0 Å². The van der Waals surface area contributed by atoms with Gasteiger partial charge in [0, 0.05) is 28.8 Å². The van der Waals surface area contributed by atoms with E-state index in [2.05, 4.69) is 0 Å². The molecule has 0 unspecified atom stereocenters. The topological polar surface area (TPSA) is 137 Å². The monoisotopic (exact) mass is 574 g/mol. The molecule has 4 atom stereocenters. The van der Waals surface area contributed by atoms with E-state index < -0.39 is 24.0 Å². The second kappa shape index (κ2) is 10.0. The fourth-order valence-electron chi connectivity index (χ4n) is 6.35. The molecule has 2 aliphatic rings. The molecule has 2 aliphatic heterocycles. The van der Waals surface area contributed by atoms with Gasteiger partial charge in [0.15, 0.2) is 0 Å². The number of phenols is 5. The van der Waals surface area contributed by atoms with Gasteiger partial charge in [0.05, 0.1) is 11.8 Å². The third-order valence-corrected chi connectivity index (χ3v) is 8.15. The third-order valence-electron chi connectivity index (χ3n) is 8.15. The number of carbonyl (C=O) groups is 1. The van der Waals surface area contributed by atoms with Gasteiger partial charge in [-0.1, -0.05) is 24.3 Å². The number of ether oxygens (including phenoxy) is 2. The highest BCUT2D eigenvalue weighted by Crippen LogP contribution is 2.58. The number of phenolic OH excluding ortho intramolecular Hbond substituents is 5. The first-order valence-corrected chi connectivity index (χ1v) is 13.7. The Kier molecular flexibility index (Phi) is 6.13. The maximum Gasteiger partial charge on any atom is 0.150 e. The van der Waals surface area contributed by atoms with Crippen LogP contribution in [0.15, 0.2) is 97.1 Å². The molecule has 7 rings (SSSR count). The van der Waals surface area contributed by atoms with Gasteiger partial charge < -0.3 is 35.0 Å². The number of aromatic hydroxyl groups is 5. The first-order chi connectivity index (χ1) is 20.8. The summed E-state index contributed by atoms with van der Waals surface area (Å²) in [5.74, 6) is -0.194. The van der Waals surface area contributed by atoms with Crippen LogP contribution in [0.3, 0.4) is 0 Å². The lowest BCUT2D eigenvalue weighted by molar-refractivity contribution is 0.112. The average molecular weight is 575 g/mol. The van der Waals surface area contributed by atoms with Crippen LogP contribution in [0, 0.1) is 0 Å². The molecule has 0 aromatic heterocycles. The Morgan fingerprint density at radius 3 is 1.65 bits per heavy atom. The number of benzene rings is 5. The van der Waals surface area contributed by atoms with E-state index in [0.717, 1.165) is 23.0 Å². The predicted molar refractivity (Wildman–Crippen MR) is 156 cm³/mol. The number of hydrogen-bond donors (Lipinski definition) is 5. The zero-order chi connectivity index (χ0) is 29.8. The number of carbonyl (C=O) groups excluding carboxylic acids is 1. The lowest BCUT2D eigenvalue weighted by Crippen LogP contribution is -2.16. The van der Waals surface area contributed by atoms with Crippen molar-refractivity contribution in [3.05, 3.63) is 136 Å². The molecule has 0 aliphatic carbocycles. The van der Waals surface area contributed by atoms with Crippen LogP contribution in [-0.4, -0.2) is 31.8 Å². The van der Waals surface area contributed by atoms with Crippen molar-refractivity contribution < 1.29 is 39.8 Å². The van der Waals surface area contributed by atoms with Crippen molar-refractivity contribution in [2.24, 2.45) is 0 Å². The van der Waals surface area contributed by atoms with Crippen LogP contribution in [0.2, 0.25) is 0 Å². The van der Waals surface area contributed by atoms with Crippen molar-refractivity contribution in [2.75, 3.05) is 0 Å². The summed E-state index contributed by atoms with van der Waals surface area (Å²) in [5.41, 5.74) is 4.65. The molecular weight excluding hydrogens is 548 g/mol. The quantitative estimate of drug-likeness (QED) is 0.149. The molecule has 2 heterocycles. The largest absolute Gasteiger partial charge is 0.508 e. The predicted octanol–water partition coefficient (Wildman–Crippen LogP) is 6.56. The van der Waals surface area contributed by atoms with Crippen molar-refractivity contribution in [2.45, 2.75) is 24.0 Å². The van der Waals surface area contributed by atoms with E-state index in [0.29, 0.717) is 33.8 Å². The summed E-state index contributed by atoms with van der Waals surface area (Å²) in [6, 6.07) is 26.0. The molecule has 0 saturated carbocycles. The van der Waals surface area contributed by atoms with Gasteiger partial charge in [-0.2, -0.15) is 0 Å². The fourth-order valence-corrected chi connectivity index (χ4v) is 6.35. The molecule has 8 heteroatoms. The highest BCUT2D eigenvalue weighted by atomic mass is 16.5. The van der Waals surface area contributed by atoms with Crippen LogP contribution in [0.25, 0.3) is 0 Å². The maximum absolute atomic E-state index is 11.8. The summed E-state index contributed by atoms with van der Waals surface area (Å²) in [4.78, 5) is 11.8. The second-order valence-electron chi connectivity index (χ2n) is 10.9. The van der Waals surface area contributed by atoms with Gasteiger partial charge in [0.25, 0.3) is 0 Å². The van der Waals surface area contributed by atoms with Crippen molar-refractivity contribution in [1.82, 2.24) is 0 Å². The average Bonchev–Trinajstić information content (AvgIpc) is 3.55. The number of rotatable bonds is 5. The molecule has 0 spiro atoms. The summed E-state index contributed by atoms with van der Waals surface area (Å²) >= 11 is 0. The van der Waals surface area contributed by atoms with Gasteiger partial charge in [-0.15, -0.1) is 0 Å². The molecule has 8 nitrogen and oxygen atoms in total. The summed E-state index contributed by atoms with van der Waals surface area (Å²) in [7, 11) is 0. The molecule has 0 saturated heterocycles. The lowest BCUT2D eigenvalue weighted by Gasteiger charge is -2.26. The molecular formula is C35H26O8. The minimum Gasteiger partial charge on any atom is -0.508 e. The highest BCUT2D eigenvalue weighted by Gasteiger charge is 2.45. The molecule has 5 aromatic rings. The first-order valence-electron chi connectivity index (χ1n) is 13.7. The molecule has 0 amide bonds. The minimum atomic E-state index is -0.646. The van der Waals surface area contributed by atoms with Gasteiger partial charge >= 0.3 is 0 Å². The second-order valence-corrected chi connectivity index (χ2v) is 10.9.